The number of rotatable bonds is 9. The molecule has 4 rings (SSSR count). The molecule has 8 heteroatoms. The first kappa shape index (κ1) is 24.5. The van der Waals surface area contributed by atoms with Crippen LogP contribution in [0.3, 0.4) is 0 Å². The molecule has 2 N–H and O–H groups in total. The van der Waals surface area contributed by atoms with Gasteiger partial charge in [-0.05, 0) is 42.3 Å². The molecule has 0 bridgehead atoms. The Bertz CT molecular complexity index is 1450. The quantitative estimate of drug-likeness (QED) is 0.271. The average Bonchev–Trinajstić information content (AvgIpc) is 3.22. The van der Waals surface area contributed by atoms with Crippen molar-refractivity contribution in [2.45, 2.75) is 26.2 Å². The Morgan fingerprint density at radius 2 is 1.69 bits per heavy atom. The summed E-state index contributed by atoms with van der Waals surface area (Å²) in [6, 6.07) is 18.4. The van der Waals surface area contributed by atoms with Crippen molar-refractivity contribution in [1.82, 2.24) is 5.32 Å². The number of sulfonamides is 1. The van der Waals surface area contributed by atoms with Gasteiger partial charge in [-0.3, -0.25) is 9.52 Å². The summed E-state index contributed by atoms with van der Waals surface area (Å²) < 4.78 is 48.0. The molecule has 0 unspecified atom stereocenters. The summed E-state index contributed by atoms with van der Waals surface area (Å²) in [5.74, 6) is -0.482. The zero-order valence-electron chi connectivity index (χ0n) is 19.6. The van der Waals surface area contributed by atoms with Crippen LogP contribution in [0.2, 0.25) is 0 Å². The first-order valence-electron chi connectivity index (χ1n) is 11.5. The van der Waals surface area contributed by atoms with Crippen LogP contribution in [0.15, 0.2) is 71.1 Å². The molecule has 0 radical (unpaired) electrons. The smallest absolute Gasteiger partial charge is 0.255 e. The number of unbranched alkanes of at least 4 members (excludes halogenated alkanes) is 2. The van der Waals surface area contributed by atoms with Crippen LogP contribution < -0.4 is 10.0 Å². The zero-order valence-corrected chi connectivity index (χ0v) is 20.4. The molecule has 4 aromatic rings. The van der Waals surface area contributed by atoms with Crippen LogP contribution in [0.4, 0.5) is 10.1 Å². The average molecular weight is 495 g/mol. The van der Waals surface area contributed by atoms with E-state index in [9.17, 15) is 17.6 Å². The minimum atomic E-state index is -3.60. The topological polar surface area (TPSA) is 88.4 Å². The molecule has 1 amide bonds. The van der Waals surface area contributed by atoms with Crippen molar-refractivity contribution in [2.75, 3.05) is 17.5 Å². The number of nitrogens with one attached hydrogen (secondary N) is 2. The Morgan fingerprint density at radius 1 is 0.971 bits per heavy atom. The van der Waals surface area contributed by atoms with E-state index in [0.29, 0.717) is 39.8 Å². The number of carbonyl (C=O) groups is 1. The molecule has 0 aliphatic carbocycles. The molecule has 35 heavy (non-hydrogen) atoms. The molecule has 182 valence electrons. The molecule has 0 aliphatic rings. The van der Waals surface area contributed by atoms with E-state index in [1.165, 1.54) is 31.3 Å². The number of benzene rings is 3. The van der Waals surface area contributed by atoms with Crippen molar-refractivity contribution >= 4 is 32.6 Å². The molecule has 0 fully saturated rings. The lowest BCUT2D eigenvalue weighted by Crippen LogP contribution is -2.18. The second-order valence-corrected chi connectivity index (χ2v) is 10.1. The highest BCUT2D eigenvalue weighted by atomic mass is 32.2. The van der Waals surface area contributed by atoms with Gasteiger partial charge in [0.1, 0.15) is 17.2 Å². The Morgan fingerprint density at radius 3 is 2.34 bits per heavy atom. The molecule has 3 aromatic carbocycles. The summed E-state index contributed by atoms with van der Waals surface area (Å²) in [6.07, 6.45) is 2.29. The van der Waals surface area contributed by atoms with Gasteiger partial charge in [0, 0.05) is 29.6 Å². The first-order valence-corrected chi connectivity index (χ1v) is 13.1. The maximum absolute atomic E-state index is 13.5. The van der Waals surface area contributed by atoms with E-state index in [2.05, 4.69) is 10.0 Å². The van der Waals surface area contributed by atoms with Gasteiger partial charge in [0.15, 0.2) is 0 Å². The van der Waals surface area contributed by atoms with E-state index in [4.69, 9.17) is 4.42 Å². The van der Waals surface area contributed by atoms with Crippen molar-refractivity contribution in [3.8, 4) is 22.5 Å². The third-order valence-electron chi connectivity index (χ3n) is 5.76. The van der Waals surface area contributed by atoms with Crippen LogP contribution in [-0.2, 0) is 10.0 Å². The second-order valence-electron chi connectivity index (χ2n) is 8.28. The van der Waals surface area contributed by atoms with E-state index >= 15 is 0 Å². The van der Waals surface area contributed by atoms with Crippen molar-refractivity contribution in [1.29, 1.82) is 0 Å². The minimum Gasteiger partial charge on any atom is -0.455 e. The molecule has 0 saturated carbocycles. The van der Waals surface area contributed by atoms with E-state index in [-0.39, 0.29) is 17.4 Å². The summed E-state index contributed by atoms with van der Waals surface area (Å²) in [5.41, 5.74) is 2.94. The number of amides is 1. The minimum absolute atomic E-state index is 0.00951. The second kappa shape index (κ2) is 10.3. The Balaban J connectivity index is 1.92. The van der Waals surface area contributed by atoms with Crippen LogP contribution in [0.5, 0.6) is 0 Å². The Kier molecular flexibility index (Phi) is 7.21. The normalized spacial score (nSPS) is 11.5. The monoisotopic (exact) mass is 494 g/mol. The van der Waals surface area contributed by atoms with E-state index in [1.807, 2.05) is 37.3 Å². The summed E-state index contributed by atoms with van der Waals surface area (Å²) >= 11 is 0. The van der Waals surface area contributed by atoms with Crippen LogP contribution in [0.1, 0.15) is 36.5 Å². The van der Waals surface area contributed by atoms with Gasteiger partial charge in [0.25, 0.3) is 5.91 Å². The zero-order chi connectivity index (χ0) is 25.0. The maximum atomic E-state index is 13.5. The number of halogens is 1. The molecule has 0 spiro atoms. The number of carbonyl (C=O) groups excluding carboxylic acids is 1. The van der Waals surface area contributed by atoms with Gasteiger partial charge in [-0.2, -0.15) is 0 Å². The Hall–Kier alpha value is -3.65. The van der Waals surface area contributed by atoms with Crippen molar-refractivity contribution < 1.29 is 22.0 Å². The van der Waals surface area contributed by atoms with Gasteiger partial charge in [-0.25, -0.2) is 12.8 Å². The molecule has 1 heterocycles. The largest absolute Gasteiger partial charge is 0.455 e. The van der Waals surface area contributed by atoms with Gasteiger partial charge in [0.05, 0.1) is 17.0 Å². The molecule has 6 nitrogen and oxygen atoms in total. The van der Waals surface area contributed by atoms with Crippen molar-refractivity contribution in [2.24, 2.45) is 0 Å². The van der Waals surface area contributed by atoms with E-state index < -0.39 is 15.8 Å². The van der Waals surface area contributed by atoms with Crippen LogP contribution in [0.25, 0.3) is 33.4 Å². The summed E-state index contributed by atoms with van der Waals surface area (Å²) in [5, 5.41) is 3.16. The van der Waals surface area contributed by atoms with Crippen molar-refractivity contribution in [3.05, 3.63) is 78.1 Å². The lowest BCUT2D eigenvalue weighted by Gasteiger charge is -2.13. The fourth-order valence-corrected chi connectivity index (χ4v) is 5.19. The Labute approximate surface area is 204 Å². The number of furan rings is 1. The van der Waals surface area contributed by atoms with Gasteiger partial charge in [-0.1, -0.05) is 50.1 Å². The molecule has 0 aliphatic heterocycles. The van der Waals surface area contributed by atoms with E-state index in [1.54, 1.807) is 12.1 Å². The third-order valence-corrected chi connectivity index (χ3v) is 7.11. The van der Waals surface area contributed by atoms with Crippen LogP contribution >= 0.6 is 0 Å². The van der Waals surface area contributed by atoms with Crippen LogP contribution in [-0.4, -0.2) is 27.1 Å². The van der Waals surface area contributed by atoms with Crippen LogP contribution in [0, 0.1) is 5.82 Å². The third kappa shape index (κ3) is 5.38. The maximum Gasteiger partial charge on any atom is 0.255 e. The van der Waals surface area contributed by atoms with Gasteiger partial charge in [-0.15, -0.1) is 0 Å². The molecule has 1 aromatic heterocycles. The fourth-order valence-electron chi connectivity index (χ4n) is 4.00. The molecular formula is C27H27FN2O4S. The number of hydrogen-bond acceptors (Lipinski definition) is 4. The first-order chi connectivity index (χ1) is 16.8. The molecular weight excluding hydrogens is 467 g/mol. The SMILES string of the molecule is CCCCCS(=O)(=O)Nc1cc2oc(-c3ccc(F)cc3)c(C(=O)NC)c2cc1-c1ccccc1. The summed E-state index contributed by atoms with van der Waals surface area (Å²) in [4.78, 5) is 12.9. The number of hydrogen-bond donors (Lipinski definition) is 2. The lowest BCUT2D eigenvalue weighted by atomic mass is 9.99. The molecule has 0 saturated heterocycles. The van der Waals surface area contributed by atoms with Crippen molar-refractivity contribution in [3.63, 3.8) is 0 Å². The standard InChI is InChI=1S/C27H27FN2O4S/c1-3-4-8-15-35(32,33)30-23-17-24-22(16-21(23)18-9-6-5-7-10-18)25(27(31)29-2)26(34-24)19-11-13-20(28)14-12-19/h5-7,9-14,16-17,30H,3-4,8,15H2,1-2H3,(H,29,31). The predicted octanol–water partition coefficient (Wildman–Crippen LogP) is 6.20. The van der Waals surface area contributed by atoms with Gasteiger partial charge < -0.3 is 9.73 Å². The highest BCUT2D eigenvalue weighted by molar-refractivity contribution is 7.92. The van der Waals surface area contributed by atoms with Gasteiger partial charge >= 0.3 is 0 Å². The fraction of sp³-hybridized carbons (Fsp3) is 0.222. The van der Waals surface area contributed by atoms with Gasteiger partial charge in [0.2, 0.25) is 10.0 Å². The summed E-state index contributed by atoms with van der Waals surface area (Å²) in [6.45, 7) is 2.02. The van der Waals surface area contributed by atoms with E-state index in [0.717, 1.165) is 18.4 Å². The number of fused-ring (bicyclic) bond motifs is 1. The predicted molar refractivity (Wildman–Crippen MR) is 137 cm³/mol. The summed E-state index contributed by atoms with van der Waals surface area (Å²) in [7, 11) is -2.08. The molecule has 0 atom stereocenters. The lowest BCUT2D eigenvalue weighted by molar-refractivity contribution is 0.0964. The number of anilines is 1. The highest BCUT2D eigenvalue weighted by Crippen LogP contribution is 2.40. The highest BCUT2D eigenvalue weighted by Gasteiger charge is 2.24.